The summed E-state index contributed by atoms with van der Waals surface area (Å²) < 4.78 is 7.18. The van der Waals surface area contributed by atoms with Crippen LogP contribution in [-0.2, 0) is 7.05 Å². The van der Waals surface area contributed by atoms with Crippen molar-refractivity contribution in [2.24, 2.45) is 7.05 Å². The van der Waals surface area contributed by atoms with E-state index in [-0.39, 0.29) is 17.8 Å². The molecule has 0 spiro atoms. The maximum Gasteiger partial charge on any atom is 0.322 e. The Morgan fingerprint density at radius 2 is 2.09 bits per heavy atom. The minimum atomic E-state index is -0.289. The molecule has 2 heterocycles. The van der Waals surface area contributed by atoms with Gasteiger partial charge in [0.05, 0.1) is 5.56 Å². The number of carbonyl (C=O) groups excluding carboxylic acids is 1. The minimum Gasteiger partial charge on any atom is -0.401 e. The average Bonchev–Trinajstić information content (AvgIpc) is 3.14. The van der Waals surface area contributed by atoms with E-state index in [1.165, 1.54) is 11.8 Å². The molecule has 2 aromatic heterocycles. The largest absolute Gasteiger partial charge is 0.401 e. The molecular weight excluding hydrogens is 314 g/mol. The van der Waals surface area contributed by atoms with Crippen molar-refractivity contribution in [1.82, 2.24) is 20.0 Å². The molecule has 1 N–H and O–H groups in total. The average molecular weight is 329 g/mol. The molecular formula is C15H15N5O2S. The van der Waals surface area contributed by atoms with E-state index in [1.807, 2.05) is 44.5 Å². The van der Waals surface area contributed by atoms with Gasteiger partial charge in [0, 0.05) is 17.6 Å². The summed E-state index contributed by atoms with van der Waals surface area (Å²) in [4.78, 5) is 13.2. The van der Waals surface area contributed by atoms with Crippen LogP contribution in [0.25, 0.3) is 11.6 Å². The smallest absolute Gasteiger partial charge is 0.322 e. The molecule has 3 aromatic rings. The number of hydrogen-bond acceptors (Lipinski definition) is 6. The summed E-state index contributed by atoms with van der Waals surface area (Å²) >= 11 is 1.50. The van der Waals surface area contributed by atoms with E-state index in [4.69, 9.17) is 4.42 Å². The number of rotatable bonds is 4. The summed E-state index contributed by atoms with van der Waals surface area (Å²) in [5, 5.41) is 14.6. The zero-order valence-corrected chi connectivity index (χ0v) is 13.7. The van der Waals surface area contributed by atoms with Crippen LogP contribution in [-0.4, -0.2) is 32.1 Å². The first-order valence-electron chi connectivity index (χ1n) is 6.87. The van der Waals surface area contributed by atoms with Gasteiger partial charge in [-0.2, -0.15) is 5.10 Å². The molecule has 0 aliphatic heterocycles. The standard InChI is InChI=1S/C15H15N5O2S/c1-9-8-11(19-20(9)2)14-17-18-15(22-14)16-13(21)10-6-4-5-7-12(10)23-3/h4-8H,1-3H3,(H,16,18,21). The second-order valence-electron chi connectivity index (χ2n) is 4.86. The van der Waals surface area contributed by atoms with Crippen molar-refractivity contribution in [1.29, 1.82) is 0 Å². The number of nitrogens with one attached hydrogen (secondary N) is 1. The van der Waals surface area contributed by atoms with E-state index in [0.29, 0.717) is 11.3 Å². The molecule has 3 rings (SSSR count). The molecule has 0 bridgehead atoms. The summed E-state index contributed by atoms with van der Waals surface area (Å²) in [6.45, 7) is 1.93. The molecule has 23 heavy (non-hydrogen) atoms. The van der Waals surface area contributed by atoms with Crippen molar-refractivity contribution in [3.63, 3.8) is 0 Å². The summed E-state index contributed by atoms with van der Waals surface area (Å²) in [5.41, 5.74) is 2.11. The molecule has 0 aliphatic carbocycles. The van der Waals surface area contributed by atoms with E-state index >= 15 is 0 Å². The van der Waals surface area contributed by atoms with Gasteiger partial charge in [-0.05, 0) is 31.4 Å². The molecule has 8 heteroatoms. The number of amides is 1. The topological polar surface area (TPSA) is 85.8 Å². The fourth-order valence-corrected chi connectivity index (χ4v) is 2.63. The molecule has 1 aromatic carbocycles. The quantitative estimate of drug-likeness (QED) is 0.741. The molecule has 0 radical (unpaired) electrons. The molecule has 118 valence electrons. The predicted octanol–water partition coefficient (Wildman–Crippen LogP) is 2.75. The van der Waals surface area contributed by atoms with E-state index in [9.17, 15) is 4.79 Å². The fraction of sp³-hybridized carbons (Fsp3) is 0.200. The summed E-state index contributed by atoms with van der Waals surface area (Å²) in [6.07, 6.45) is 1.92. The molecule has 0 unspecified atom stereocenters. The van der Waals surface area contributed by atoms with Gasteiger partial charge in [-0.15, -0.1) is 16.9 Å². The van der Waals surface area contributed by atoms with Crippen molar-refractivity contribution in [3.8, 4) is 11.6 Å². The normalized spacial score (nSPS) is 10.7. The highest BCUT2D eigenvalue weighted by Crippen LogP contribution is 2.22. The molecule has 0 saturated carbocycles. The third kappa shape index (κ3) is 3.11. The first kappa shape index (κ1) is 15.3. The van der Waals surface area contributed by atoms with E-state index in [2.05, 4.69) is 20.6 Å². The van der Waals surface area contributed by atoms with E-state index in [1.54, 1.807) is 10.7 Å². The van der Waals surface area contributed by atoms with Gasteiger partial charge >= 0.3 is 6.01 Å². The number of benzene rings is 1. The summed E-state index contributed by atoms with van der Waals surface area (Å²) in [7, 11) is 1.83. The number of thioether (sulfide) groups is 1. The number of aromatic nitrogens is 4. The van der Waals surface area contributed by atoms with Gasteiger partial charge < -0.3 is 4.42 Å². The van der Waals surface area contributed by atoms with Gasteiger partial charge in [-0.3, -0.25) is 14.8 Å². The lowest BCUT2D eigenvalue weighted by atomic mass is 10.2. The van der Waals surface area contributed by atoms with Crippen LogP contribution in [0.4, 0.5) is 6.01 Å². The Morgan fingerprint density at radius 3 is 2.78 bits per heavy atom. The maximum absolute atomic E-state index is 12.3. The van der Waals surface area contributed by atoms with Crippen LogP contribution in [0.3, 0.4) is 0 Å². The van der Waals surface area contributed by atoms with Crippen LogP contribution in [0, 0.1) is 6.92 Å². The van der Waals surface area contributed by atoms with Crippen LogP contribution >= 0.6 is 11.8 Å². The van der Waals surface area contributed by atoms with Crippen LogP contribution in [0.1, 0.15) is 16.1 Å². The highest BCUT2D eigenvalue weighted by molar-refractivity contribution is 7.98. The van der Waals surface area contributed by atoms with E-state index < -0.39 is 0 Å². The number of anilines is 1. The minimum absolute atomic E-state index is 0.0456. The summed E-state index contributed by atoms with van der Waals surface area (Å²) in [6, 6.07) is 9.21. The van der Waals surface area contributed by atoms with Crippen molar-refractivity contribution >= 4 is 23.7 Å². The molecule has 0 fully saturated rings. The van der Waals surface area contributed by atoms with Crippen molar-refractivity contribution < 1.29 is 9.21 Å². The second-order valence-corrected chi connectivity index (χ2v) is 5.71. The van der Waals surface area contributed by atoms with Crippen LogP contribution < -0.4 is 5.32 Å². The van der Waals surface area contributed by atoms with E-state index in [0.717, 1.165) is 10.6 Å². The Labute approximate surface area is 137 Å². The Balaban J connectivity index is 1.80. The predicted molar refractivity (Wildman–Crippen MR) is 87.4 cm³/mol. The third-order valence-corrected chi connectivity index (χ3v) is 4.13. The monoisotopic (exact) mass is 329 g/mol. The van der Waals surface area contributed by atoms with Crippen LogP contribution in [0.5, 0.6) is 0 Å². The first-order valence-corrected chi connectivity index (χ1v) is 8.10. The number of hydrogen-bond donors (Lipinski definition) is 1. The Kier molecular flexibility index (Phi) is 4.16. The van der Waals surface area contributed by atoms with Crippen LogP contribution in [0.2, 0.25) is 0 Å². The number of aryl methyl sites for hydroxylation is 2. The lowest BCUT2D eigenvalue weighted by molar-refractivity contribution is 0.102. The molecule has 0 aliphatic rings. The first-order chi connectivity index (χ1) is 11.1. The third-order valence-electron chi connectivity index (χ3n) is 3.33. The Morgan fingerprint density at radius 1 is 1.30 bits per heavy atom. The highest BCUT2D eigenvalue weighted by Gasteiger charge is 2.16. The number of nitrogens with zero attached hydrogens (tertiary/aromatic N) is 4. The van der Waals surface area contributed by atoms with Gasteiger partial charge in [0.25, 0.3) is 11.8 Å². The Bertz CT molecular complexity index is 836. The van der Waals surface area contributed by atoms with Crippen LogP contribution in [0.15, 0.2) is 39.6 Å². The lowest BCUT2D eigenvalue weighted by Crippen LogP contribution is -2.13. The van der Waals surface area contributed by atoms with Gasteiger partial charge in [-0.1, -0.05) is 17.2 Å². The molecule has 7 nitrogen and oxygen atoms in total. The van der Waals surface area contributed by atoms with Gasteiger partial charge in [-0.25, -0.2) is 0 Å². The highest BCUT2D eigenvalue weighted by atomic mass is 32.2. The van der Waals surface area contributed by atoms with Gasteiger partial charge in [0.1, 0.15) is 5.69 Å². The number of carbonyl (C=O) groups is 1. The van der Waals surface area contributed by atoms with Gasteiger partial charge in [0.2, 0.25) is 0 Å². The molecule has 1 amide bonds. The van der Waals surface area contributed by atoms with Crippen molar-refractivity contribution in [3.05, 3.63) is 41.6 Å². The van der Waals surface area contributed by atoms with Gasteiger partial charge in [0.15, 0.2) is 0 Å². The van der Waals surface area contributed by atoms with Crippen molar-refractivity contribution in [2.75, 3.05) is 11.6 Å². The fourth-order valence-electron chi connectivity index (χ4n) is 2.04. The summed E-state index contributed by atoms with van der Waals surface area (Å²) in [5.74, 6) is -0.0236. The zero-order chi connectivity index (χ0) is 16.4. The molecule has 0 saturated heterocycles. The lowest BCUT2D eigenvalue weighted by Gasteiger charge is -2.05. The zero-order valence-electron chi connectivity index (χ0n) is 12.9. The molecule has 0 atom stereocenters. The Hall–Kier alpha value is -2.61. The SMILES string of the molecule is CSc1ccccc1C(=O)Nc1nnc(-c2cc(C)n(C)n2)o1. The second kappa shape index (κ2) is 6.25. The van der Waals surface area contributed by atoms with Crippen molar-refractivity contribution in [2.45, 2.75) is 11.8 Å². The maximum atomic E-state index is 12.3.